The van der Waals surface area contributed by atoms with Crippen molar-refractivity contribution >= 4 is 0 Å². The molecule has 1 fully saturated rings. The number of hydrogen-bond donors (Lipinski definition) is 2. The minimum atomic E-state index is 0.301. The Morgan fingerprint density at radius 2 is 1.73 bits per heavy atom. The lowest BCUT2D eigenvalue weighted by atomic mass is 9.79. The molecule has 1 unspecified atom stereocenters. The Balaban J connectivity index is 2.19. The highest BCUT2D eigenvalue weighted by molar-refractivity contribution is 4.80. The summed E-state index contributed by atoms with van der Waals surface area (Å²) in [6.07, 6.45) is 6.27. The summed E-state index contributed by atoms with van der Waals surface area (Å²) in [5, 5.41) is 12.5. The predicted molar refractivity (Wildman–Crippen MR) is 64.9 cm³/mol. The molecule has 0 radical (unpaired) electrons. The van der Waals surface area contributed by atoms with Crippen LogP contribution in [-0.4, -0.2) is 23.8 Å². The summed E-state index contributed by atoms with van der Waals surface area (Å²) in [5.41, 5.74) is 0. The molecular weight excluding hydrogens is 186 g/mol. The van der Waals surface area contributed by atoms with Crippen LogP contribution in [0.15, 0.2) is 0 Å². The minimum absolute atomic E-state index is 0.301. The lowest BCUT2D eigenvalue weighted by molar-refractivity contribution is 0.216. The van der Waals surface area contributed by atoms with Crippen LogP contribution in [0.2, 0.25) is 0 Å². The summed E-state index contributed by atoms with van der Waals surface area (Å²) >= 11 is 0. The normalized spacial score (nSPS) is 29.4. The zero-order valence-corrected chi connectivity index (χ0v) is 10.5. The fourth-order valence-corrected chi connectivity index (χ4v) is 2.63. The second-order valence-corrected chi connectivity index (χ2v) is 5.44. The maximum atomic E-state index is 8.84. The van der Waals surface area contributed by atoms with Gasteiger partial charge in [-0.25, -0.2) is 0 Å². The SMILES string of the molecule is CC(CCO)NC1CCC(C(C)C)CC1. The molecule has 0 bridgehead atoms. The van der Waals surface area contributed by atoms with Crippen LogP contribution in [-0.2, 0) is 0 Å². The van der Waals surface area contributed by atoms with Crippen LogP contribution >= 0.6 is 0 Å². The van der Waals surface area contributed by atoms with Gasteiger partial charge in [0.25, 0.3) is 0 Å². The van der Waals surface area contributed by atoms with E-state index < -0.39 is 0 Å². The molecule has 0 amide bonds. The third-order valence-electron chi connectivity index (χ3n) is 3.80. The Morgan fingerprint density at radius 1 is 1.13 bits per heavy atom. The molecule has 2 heteroatoms. The van der Waals surface area contributed by atoms with E-state index in [4.69, 9.17) is 5.11 Å². The highest BCUT2D eigenvalue weighted by Gasteiger charge is 2.23. The standard InChI is InChI=1S/C13H27NO/c1-10(2)12-4-6-13(7-5-12)14-11(3)8-9-15/h10-15H,4-9H2,1-3H3. The number of hydrogen-bond acceptors (Lipinski definition) is 2. The van der Waals surface area contributed by atoms with E-state index in [0.29, 0.717) is 18.7 Å². The van der Waals surface area contributed by atoms with Crippen LogP contribution in [0.25, 0.3) is 0 Å². The quantitative estimate of drug-likeness (QED) is 0.735. The number of aliphatic hydroxyl groups is 1. The van der Waals surface area contributed by atoms with Gasteiger partial charge in [-0.3, -0.25) is 0 Å². The summed E-state index contributed by atoms with van der Waals surface area (Å²) in [7, 11) is 0. The molecule has 0 saturated heterocycles. The zero-order valence-electron chi connectivity index (χ0n) is 10.5. The highest BCUT2D eigenvalue weighted by atomic mass is 16.3. The van der Waals surface area contributed by atoms with Crippen molar-refractivity contribution in [3.8, 4) is 0 Å². The van der Waals surface area contributed by atoms with Crippen LogP contribution in [0.4, 0.5) is 0 Å². The maximum absolute atomic E-state index is 8.84. The first-order valence-electron chi connectivity index (χ1n) is 6.50. The van der Waals surface area contributed by atoms with Crippen LogP contribution in [0.5, 0.6) is 0 Å². The molecule has 0 aromatic heterocycles. The predicted octanol–water partition coefficient (Wildman–Crippen LogP) is 2.56. The van der Waals surface area contributed by atoms with Gasteiger partial charge in [0, 0.05) is 18.7 Å². The summed E-state index contributed by atoms with van der Waals surface area (Å²) in [6.45, 7) is 7.15. The lowest BCUT2D eigenvalue weighted by Crippen LogP contribution is -2.39. The van der Waals surface area contributed by atoms with Crippen LogP contribution < -0.4 is 5.32 Å². The molecule has 2 nitrogen and oxygen atoms in total. The number of aliphatic hydroxyl groups excluding tert-OH is 1. The van der Waals surface area contributed by atoms with E-state index >= 15 is 0 Å². The molecule has 15 heavy (non-hydrogen) atoms. The number of nitrogens with one attached hydrogen (secondary N) is 1. The third-order valence-corrected chi connectivity index (χ3v) is 3.80. The fourth-order valence-electron chi connectivity index (χ4n) is 2.63. The monoisotopic (exact) mass is 213 g/mol. The second-order valence-electron chi connectivity index (χ2n) is 5.44. The third kappa shape index (κ3) is 4.52. The molecule has 90 valence electrons. The van der Waals surface area contributed by atoms with Crippen molar-refractivity contribution in [1.82, 2.24) is 5.32 Å². The topological polar surface area (TPSA) is 32.3 Å². The van der Waals surface area contributed by atoms with E-state index in [1.54, 1.807) is 0 Å². The van der Waals surface area contributed by atoms with Gasteiger partial charge in [0.15, 0.2) is 0 Å². The smallest absolute Gasteiger partial charge is 0.0445 e. The van der Waals surface area contributed by atoms with E-state index in [0.717, 1.165) is 18.3 Å². The molecule has 1 aliphatic carbocycles. The molecule has 1 aliphatic rings. The van der Waals surface area contributed by atoms with Gasteiger partial charge in [-0.05, 0) is 50.9 Å². The van der Waals surface area contributed by atoms with E-state index in [-0.39, 0.29) is 0 Å². The molecule has 1 saturated carbocycles. The molecule has 0 heterocycles. The van der Waals surface area contributed by atoms with Crippen molar-refractivity contribution in [3.05, 3.63) is 0 Å². The van der Waals surface area contributed by atoms with Gasteiger partial charge in [-0.1, -0.05) is 13.8 Å². The summed E-state index contributed by atoms with van der Waals surface area (Å²) < 4.78 is 0. The molecular formula is C13H27NO. The van der Waals surface area contributed by atoms with Gasteiger partial charge in [0.2, 0.25) is 0 Å². The molecule has 0 aliphatic heterocycles. The zero-order chi connectivity index (χ0) is 11.3. The van der Waals surface area contributed by atoms with E-state index in [1.807, 2.05) is 0 Å². The van der Waals surface area contributed by atoms with Gasteiger partial charge in [0.05, 0.1) is 0 Å². The average Bonchev–Trinajstić information content (AvgIpc) is 2.18. The van der Waals surface area contributed by atoms with Gasteiger partial charge < -0.3 is 10.4 Å². The largest absolute Gasteiger partial charge is 0.396 e. The van der Waals surface area contributed by atoms with Gasteiger partial charge in [-0.2, -0.15) is 0 Å². The van der Waals surface area contributed by atoms with Crippen molar-refractivity contribution in [2.24, 2.45) is 11.8 Å². The Morgan fingerprint density at radius 3 is 2.20 bits per heavy atom. The number of rotatable bonds is 5. The fraction of sp³-hybridized carbons (Fsp3) is 1.00. The molecule has 1 rings (SSSR count). The van der Waals surface area contributed by atoms with Crippen LogP contribution in [0, 0.1) is 11.8 Å². The van der Waals surface area contributed by atoms with E-state index in [2.05, 4.69) is 26.1 Å². The van der Waals surface area contributed by atoms with Crippen molar-refractivity contribution in [2.75, 3.05) is 6.61 Å². The first-order valence-corrected chi connectivity index (χ1v) is 6.50. The van der Waals surface area contributed by atoms with Crippen LogP contribution in [0.3, 0.4) is 0 Å². The van der Waals surface area contributed by atoms with Crippen molar-refractivity contribution < 1.29 is 5.11 Å². The summed E-state index contributed by atoms with van der Waals surface area (Å²) in [4.78, 5) is 0. The first-order chi connectivity index (χ1) is 7.13. The minimum Gasteiger partial charge on any atom is -0.396 e. The maximum Gasteiger partial charge on any atom is 0.0445 e. The molecule has 0 spiro atoms. The average molecular weight is 213 g/mol. The lowest BCUT2D eigenvalue weighted by Gasteiger charge is -2.33. The van der Waals surface area contributed by atoms with E-state index in [9.17, 15) is 0 Å². The molecule has 0 aromatic carbocycles. The van der Waals surface area contributed by atoms with Crippen molar-refractivity contribution in [2.45, 2.75) is 65.0 Å². The molecule has 2 N–H and O–H groups in total. The van der Waals surface area contributed by atoms with Crippen molar-refractivity contribution in [1.29, 1.82) is 0 Å². The Labute approximate surface area is 94.5 Å². The second kappa shape index (κ2) is 6.49. The first kappa shape index (κ1) is 13.0. The van der Waals surface area contributed by atoms with Crippen LogP contribution in [0.1, 0.15) is 52.9 Å². The Bertz CT molecular complexity index is 162. The highest BCUT2D eigenvalue weighted by Crippen LogP contribution is 2.29. The van der Waals surface area contributed by atoms with E-state index in [1.165, 1.54) is 25.7 Å². The van der Waals surface area contributed by atoms with Gasteiger partial charge in [-0.15, -0.1) is 0 Å². The molecule has 0 aromatic rings. The van der Waals surface area contributed by atoms with Gasteiger partial charge >= 0.3 is 0 Å². The summed E-state index contributed by atoms with van der Waals surface area (Å²) in [6, 6.07) is 1.16. The summed E-state index contributed by atoms with van der Waals surface area (Å²) in [5.74, 6) is 1.79. The Hall–Kier alpha value is -0.0800. The van der Waals surface area contributed by atoms with Crippen molar-refractivity contribution in [3.63, 3.8) is 0 Å². The van der Waals surface area contributed by atoms with Gasteiger partial charge in [0.1, 0.15) is 0 Å². The molecule has 1 atom stereocenters. The Kier molecular flexibility index (Phi) is 5.62.